The summed E-state index contributed by atoms with van der Waals surface area (Å²) in [6.07, 6.45) is 2.11. The predicted molar refractivity (Wildman–Crippen MR) is 138 cm³/mol. The molecule has 1 aromatic heterocycles. The van der Waals surface area contributed by atoms with Crippen LogP contribution in [0.15, 0.2) is 72.8 Å². The van der Waals surface area contributed by atoms with Crippen molar-refractivity contribution in [3.8, 4) is 5.75 Å². The quantitative estimate of drug-likeness (QED) is 0.251. The fourth-order valence-electron chi connectivity index (χ4n) is 3.90. The molecule has 1 atom stereocenters. The molecule has 0 aliphatic carbocycles. The number of aryl methyl sites for hydroxylation is 1. The number of amides is 1. The Hall–Kier alpha value is -3.02. The Morgan fingerprint density at radius 3 is 2.38 bits per heavy atom. The summed E-state index contributed by atoms with van der Waals surface area (Å²) in [7, 11) is 0. The van der Waals surface area contributed by atoms with Gasteiger partial charge in [0, 0.05) is 16.6 Å². The molecule has 176 valence electrons. The maximum Gasteiger partial charge on any atom is 0.224 e. The number of carbonyl (C=O) groups is 1. The number of hydrogen-bond acceptors (Lipinski definition) is 3. The van der Waals surface area contributed by atoms with Crippen molar-refractivity contribution in [3.05, 3.63) is 94.2 Å². The first-order chi connectivity index (χ1) is 16.5. The molecule has 1 amide bonds. The van der Waals surface area contributed by atoms with E-state index in [0.29, 0.717) is 23.1 Å². The minimum absolute atomic E-state index is 0.0511. The standard InChI is InChI=1S/C27H27Cl2N3O2/c1-19(30-26(33)18-20-8-10-21(28)11-9-20)27-31-24-6-2-3-7-25(24)32(27)16-4-5-17-34-23-14-12-22(29)13-15-23/h2-3,6-15,19H,4-5,16-18H2,1H3,(H,30,33). The number of nitrogens with zero attached hydrogens (tertiary/aromatic N) is 2. The molecule has 0 saturated heterocycles. The average molecular weight is 496 g/mol. The summed E-state index contributed by atoms with van der Waals surface area (Å²) >= 11 is 11.9. The molecule has 0 spiro atoms. The fourth-order valence-corrected chi connectivity index (χ4v) is 4.15. The van der Waals surface area contributed by atoms with Crippen molar-refractivity contribution in [2.24, 2.45) is 0 Å². The first-order valence-corrected chi connectivity index (χ1v) is 12.1. The summed E-state index contributed by atoms with van der Waals surface area (Å²) in [4.78, 5) is 17.5. The second kappa shape index (κ2) is 11.4. The zero-order valence-electron chi connectivity index (χ0n) is 19.0. The lowest BCUT2D eigenvalue weighted by atomic mass is 10.1. The van der Waals surface area contributed by atoms with Crippen molar-refractivity contribution in [1.82, 2.24) is 14.9 Å². The highest BCUT2D eigenvalue weighted by Gasteiger charge is 2.18. The van der Waals surface area contributed by atoms with E-state index in [2.05, 4.69) is 16.0 Å². The molecule has 1 unspecified atom stereocenters. The Morgan fingerprint density at radius 2 is 1.65 bits per heavy atom. The Morgan fingerprint density at radius 1 is 0.971 bits per heavy atom. The van der Waals surface area contributed by atoms with Gasteiger partial charge in [-0.1, -0.05) is 47.5 Å². The van der Waals surface area contributed by atoms with Crippen molar-refractivity contribution in [2.75, 3.05) is 6.61 Å². The Labute approximate surface area is 209 Å². The second-order valence-electron chi connectivity index (χ2n) is 8.21. The van der Waals surface area contributed by atoms with E-state index >= 15 is 0 Å². The monoisotopic (exact) mass is 495 g/mol. The summed E-state index contributed by atoms with van der Waals surface area (Å²) in [6, 6.07) is 22.6. The van der Waals surface area contributed by atoms with E-state index in [4.69, 9.17) is 32.9 Å². The molecule has 4 aromatic rings. The largest absolute Gasteiger partial charge is 0.494 e. The summed E-state index contributed by atoms with van der Waals surface area (Å²) in [5, 5.41) is 4.45. The number of imidazole rings is 1. The molecule has 1 heterocycles. The van der Waals surface area contributed by atoms with Gasteiger partial charge in [-0.3, -0.25) is 4.79 Å². The lowest BCUT2D eigenvalue weighted by molar-refractivity contribution is -0.121. The Balaban J connectivity index is 1.38. The van der Waals surface area contributed by atoms with Gasteiger partial charge in [0.1, 0.15) is 11.6 Å². The summed E-state index contributed by atoms with van der Waals surface area (Å²) in [5.41, 5.74) is 2.91. The number of benzene rings is 3. The number of carbonyl (C=O) groups excluding carboxylic acids is 1. The molecule has 0 bridgehead atoms. The highest BCUT2D eigenvalue weighted by molar-refractivity contribution is 6.30. The molecule has 0 saturated carbocycles. The molecule has 0 fully saturated rings. The number of halogens is 2. The predicted octanol–water partition coefficient (Wildman–Crippen LogP) is 6.62. The molecule has 1 N–H and O–H groups in total. The molecule has 0 radical (unpaired) electrons. The third kappa shape index (κ3) is 6.31. The van der Waals surface area contributed by atoms with Gasteiger partial charge in [-0.15, -0.1) is 0 Å². The van der Waals surface area contributed by atoms with Crippen LogP contribution in [0.1, 0.15) is 37.2 Å². The summed E-state index contributed by atoms with van der Waals surface area (Å²) < 4.78 is 8.01. The van der Waals surface area contributed by atoms with Crippen molar-refractivity contribution < 1.29 is 9.53 Å². The third-order valence-electron chi connectivity index (χ3n) is 5.59. The van der Waals surface area contributed by atoms with Gasteiger partial charge >= 0.3 is 0 Å². The second-order valence-corrected chi connectivity index (χ2v) is 9.09. The normalized spacial score (nSPS) is 12.0. The maximum atomic E-state index is 12.7. The number of nitrogens with one attached hydrogen (secondary N) is 1. The number of fused-ring (bicyclic) bond motifs is 1. The van der Waals surface area contributed by atoms with E-state index in [1.165, 1.54) is 0 Å². The van der Waals surface area contributed by atoms with Crippen LogP contribution in [0, 0.1) is 0 Å². The van der Waals surface area contributed by atoms with E-state index in [1.54, 1.807) is 12.1 Å². The van der Waals surface area contributed by atoms with Crippen molar-refractivity contribution >= 4 is 40.1 Å². The van der Waals surface area contributed by atoms with Crippen LogP contribution in [0.4, 0.5) is 0 Å². The fraction of sp³-hybridized carbons (Fsp3) is 0.259. The Bertz CT molecular complexity index is 1240. The molecular weight excluding hydrogens is 469 g/mol. The third-order valence-corrected chi connectivity index (χ3v) is 6.09. The average Bonchev–Trinajstić information content (AvgIpc) is 3.20. The molecule has 3 aromatic carbocycles. The van der Waals surface area contributed by atoms with Crippen LogP contribution in [-0.2, 0) is 17.8 Å². The van der Waals surface area contributed by atoms with Crippen LogP contribution in [0.3, 0.4) is 0 Å². The number of para-hydroxylation sites is 2. The molecule has 7 heteroatoms. The zero-order valence-corrected chi connectivity index (χ0v) is 20.5. The molecule has 4 rings (SSSR count). The van der Waals surface area contributed by atoms with Gasteiger partial charge < -0.3 is 14.6 Å². The van der Waals surface area contributed by atoms with Crippen molar-refractivity contribution in [2.45, 2.75) is 38.8 Å². The zero-order chi connectivity index (χ0) is 23.9. The van der Waals surface area contributed by atoms with Crippen LogP contribution in [0.25, 0.3) is 11.0 Å². The van der Waals surface area contributed by atoms with Gasteiger partial charge in [0.15, 0.2) is 0 Å². The maximum absolute atomic E-state index is 12.7. The van der Waals surface area contributed by atoms with Crippen LogP contribution in [0.2, 0.25) is 10.0 Å². The van der Waals surface area contributed by atoms with Gasteiger partial charge in [0.25, 0.3) is 0 Å². The number of hydrogen-bond donors (Lipinski definition) is 1. The molecule has 34 heavy (non-hydrogen) atoms. The summed E-state index contributed by atoms with van der Waals surface area (Å²) in [5.74, 6) is 1.62. The summed E-state index contributed by atoms with van der Waals surface area (Å²) in [6.45, 7) is 3.38. The highest BCUT2D eigenvalue weighted by atomic mass is 35.5. The minimum Gasteiger partial charge on any atom is -0.494 e. The van der Waals surface area contributed by atoms with Crippen LogP contribution >= 0.6 is 23.2 Å². The smallest absolute Gasteiger partial charge is 0.224 e. The van der Waals surface area contributed by atoms with Crippen LogP contribution in [-0.4, -0.2) is 22.1 Å². The SMILES string of the molecule is CC(NC(=O)Cc1ccc(Cl)cc1)c1nc2ccccc2n1CCCCOc1ccc(Cl)cc1. The van der Waals surface area contributed by atoms with Gasteiger partial charge in [-0.05, 0) is 73.9 Å². The van der Waals surface area contributed by atoms with Crippen LogP contribution < -0.4 is 10.1 Å². The minimum atomic E-state index is -0.225. The number of aromatic nitrogens is 2. The van der Waals surface area contributed by atoms with E-state index in [9.17, 15) is 4.79 Å². The van der Waals surface area contributed by atoms with Crippen molar-refractivity contribution in [1.29, 1.82) is 0 Å². The Kier molecular flexibility index (Phi) is 8.09. The van der Waals surface area contributed by atoms with Gasteiger partial charge in [0.05, 0.1) is 30.1 Å². The van der Waals surface area contributed by atoms with Gasteiger partial charge in [0.2, 0.25) is 5.91 Å². The molecular formula is C27H27Cl2N3O2. The first-order valence-electron chi connectivity index (χ1n) is 11.4. The number of rotatable bonds is 10. The topological polar surface area (TPSA) is 56.2 Å². The van der Waals surface area contributed by atoms with E-state index in [1.807, 2.05) is 61.5 Å². The number of unbranched alkanes of at least 4 members (excludes halogenated alkanes) is 1. The van der Waals surface area contributed by atoms with Crippen molar-refractivity contribution in [3.63, 3.8) is 0 Å². The lowest BCUT2D eigenvalue weighted by Gasteiger charge is -2.17. The van der Waals surface area contributed by atoms with E-state index in [-0.39, 0.29) is 11.9 Å². The van der Waals surface area contributed by atoms with Gasteiger partial charge in [-0.2, -0.15) is 0 Å². The van der Waals surface area contributed by atoms with Gasteiger partial charge in [-0.25, -0.2) is 4.98 Å². The molecule has 5 nitrogen and oxygen atoms in total. The molecule has 0 aliphatic rings. The number of ether oxygens (including phenoxy) is 1. The van der Waals surface area contributed by atoms with E-state index < -0.39 is 0 Å². The van der Waals surface area contributed by atoms with E-state index in [0.717, 1.165) is 47.6 Å². The first kappa shape index (κ1) is 24.1. The lowest BCUT2D eigenvalue weighted by Crippen LogP contribution is -2.30. The van der Waals surface area contributed by atoms with Crippen LogP contribution in [0.5, 0.6) is 5.75 Å². The molecule has 0 aliphatic heterocycles. The highest BCUT2D eigenvalue weighted by Crippen LogP contribution is 2.22.